The molecule has 6 heteroatoms. The normalized spacial score (nSPS) is 10.8. The van der Waals surface area contributed by atoms with E-state index in [1.165, 1.54) is 6.07 Å². The summed E-state index contributed by atoms with van der Waals surface area (Å²) >= 11 is 0. The molecule has 4 rings (SSSR count). The number of aromatic nitrogens is 2. The molecule has 0 N–H and O–H groups in total. The van der Waals surface area contributed by atoms with Gasteiger partial charge in [-0.3, -0.25) is 0 Å². The number of unbranched alkanes of at least 4 members (excludes halogenated alkanes) is 1. The molecule has 0 saturated heterocycles. The average molecular weight is 434 g/mol. The fourth-order valence-corrected chi connectivity index (χ4v) is 3.29. The maximum Gasteiger partial charge on any atom is 0.159 e. The number of fused-ring (bicyclic) bond motifs is 1. The molecule has 0 radical (unpaired) electrons. The summed E-state index contributed by atoms with van der Waals surface area (Å²) in [7, 11) is 0. The Kier molecular flexibility index (Phi) is 6.18. The molecule has 0 spiro atoms. The van der Waals surface area contributed by atoms with Crippen LogP contribution < -0.4 is 0 Å². The van der Waals surface area contributed by atoms with Gasteiger partial charge in [-0.1, -0.05) is 31.3 Å². The van der Waals surface area contributed by atoms with Gasteiger partial charge in [0.2, 0.25) is 0 Å². The van der Waals surface area contributed by atoms with Crippen LogP contribution in [0.1, 0.15) is 36.5 Å². The summed E-state index contributed by atoms with van der Waals surface area (Å²) in [5.41, 5.74) is 1.21. The van der Waals surface area contributed by atoms with Gasteiger partial charge in [0.1, 0.15) is 11.6 Å². The molecule has 32 heavy (non-hydrogen) atoms. The summed E-state index contributed by atoms with van der Waals surface area (Å²) in [5.74, 6) is 1.81. The van der Waals surface area contributed by atoms with Crippen LogP contribution in [0.25, 0.3) is 22.2 Å². The first-order valence-electron chi connectivity index (χ1n) is 10.2. The van der Waals surface area contributed by atoms with Crippen LogP contribution in [0.2, 0.25) is 0 Å². The standard InChI is InChI=1S/C26H18F4N2/c1-2-3-4-17-14-31-26(32-15-17)20-12-22(27)21(23(28)13-20)8-6-16-5-7-18-10-24(29)25(30)11-19(18)9-16/h5,7,9-15H,2-4H2,1H3. The van der Waals surface area contributed by atoms with Crippen LogP contribution in [0, 0.1) is 35.1 Å². The Morgan fingerprint density at radius 1 is 0.750 bits per heavy atom. The van der Waals surface area contributed by atoms with Crippen LogP contribution in [0.4, 0.5) is 17.6 Å². The summed E-state index contributed by atoms with van der Waals surface area (Å²) in [4.78, 5) is 8.42. The van der Waals surface area contributed by atoms with E-state index < -0.39 is 28.8 Å². The molecular weight excluding hydrogens is 416 g/mol. The second kappa shape index (κ2) is 9.19. The molecule has 0 fully saturated rings. The molecule has 1 heterocycles. The van der Waals surface area contributed by atoms with Crippen LogP contribution >= 0.6 is 0 Å². The number of rotatable bonds is 4. The maximum atomic E-state index is 14.6. The van der Waals surface area contributed by atoms with Crippen LogP contribution in [-0.2, 0) is 6.42 Å². The maximum absolute atomic E-state index is 14.6. The molecule has 1 aromatic heterocycles. The van der Waals surface area contributed by atoms with E-state index in [1.807, 2.05) is 0 Å². The van der Waals surface area contributed by atoms with Gasteiger partial charge >= 0.3 is 0 Å². The SMILES string of the molecule is CCCCc1cnc(-c2cc(F)c(C#Cc3ccc4cc(F)c(F)cc4c3)c(F)c2)nc1. The van der Waals surface area contributed by atoms with Gasteiger partial charge in [-0.15, -0.1) is 0 Å². The number of hydrogen-bond donors (Lipinski definition) is 0. The zero-order valence-electron chi connectivity index (χ0n) is 17.2. The molecule has 0 aliphatic rings. The Hall–Kier alpha value is -3.72. The lowest BCUT2D eigenvalue weighted by Gasteiger charge is -2.05. The minimum atomic E-state index is -0.976. The molecule has 0 bridgehead atoms. The van der Waals surface area contributed by atoms with Gasteiger partial charge in [0.15, 0.2) is 17.5 Å². The summed E-state index contributed by atoms with van der Waals surface area (Å²) in [6, 6.07) is 9.10. The van der Waals surface area contributed by atoms with E-state index in [0.29, 0.717) is 16.3 Å². The lowest BCUT2D eigenvalue weighted by Crippen LogP contribution is -1.97. The third-order valence-corrected chi connectivity index (χ3v) is 5.04. The number of nitrogens with zero attached hydrogens (tertiary/aromatic N) is 2. The minimum Gasteiger partial charge on any atom is -0.236 e. The van der Waals surface area contributed by atoms with E-state index in [2.05, 4.69) is 28.7 Å². The average Bonchev–Trinajstić information content (AvgIpc) is 2.78. The monoisotopic (exact) mass is 434 g/mol. The first-order chi connectivity index (χ1) is 15.4. The zero-order valence-corrected chi connectivity index (χ0v) is 17.2. The van der Waals surface area contributed by atoms with Gasteiger partial charge in [0, 0.05) is 23.5 Å². The van der Waals surface area contributed by atoms with Crippen molar-refractivity contribution in [3.05, 3.63) is 94.8 Å². The molecule has 2 nitrogen and oxygen atoms in total. The van der Waals surface area contributed by atoms with Crippen molar-refractivity contribution in [3.8, 4) is 23.2 Å². The van der Waals surface area contributed by atoms with E-state index >= 15 is 0 Å². The van der Waals surface area contributed by atoms with Crippen molar-refractivity contribution in [1.29, 1.82) is 0 Å². The van der Waals surface area contributed by atoms with Crippen LogP contribution in [0.15, 0.2) is 54.9 Å². The van der Waals surface area contributed by atoms with Crippen molar-refractivity contribution in [1.82, 2.24) is 9.97 Å². The van der Waals surface area contributed by atoms with E-state index in [0.717, 1.165) is 49.1 Å². The lowest BCUT2D eigenvalue weighted by atomic mass is 10.1. The Balaban J connectivity index is 1.61. The Morgan fingerprint density at radius 2 is 1.41 bits per heavy atom. The molecule has 0 aliphatic heterocycles. The Labute approximate surface area is 183 Å². The molecule has 4 aromatic rings. The van der Waals surface area contributed by atoms with Crippen molar-refractivity contribution >= 4 is 10.8 Å². The largest absolute Gasteiger partial charge is 0.236 e. The quantitative estimate of drug-likeness (QED) is 0.267. The Morgan fingerprint density at radius 3 is 2.06 bits per heavy atom. The summed E-state index contributed by atoms with van der Waals surface area (Å²) in [6.07, 6.45) is 6.24. The number of benzene rings is 3. The summed E-state index contributed by atoms with van der Waals surface area (Å²) in [5, 5.41) is 0.934. The highest BCUT2D eigenvalue weighted by Gasteiger charge is 2.12. The zero-order chi connectivity index (χ0) is 22.7. The molecule has 0 atom stereocenters. The third-order valence-electron chi connectivity index (χ3n) is 5.04. The highest BCUT2D eigenvalue weighted by molar-refractivity contribution is 5.84. The highest BCUT2D eigenvalue weighted by atomic mass is 19.2. The van der Waals surface area contributed by atoms with Gasteiger partial charge in [-0.05, 0) is 65.6 Å². The van der Waals surface area contributed by atoms with Gasteiger partial charge in [0.05, 0.1) is 5.56 Å². The third kappa shape index (κ3) is 4.62. The van der Waals surface area contributed by atoms with Crippen molar-refractivity contribution in [2.24, 2.45) is 0 Å². The summed E-state index contributed by atoms with van der Waals surface area (Å²) < 4.78 is 56.0. The molecule has 160 valence electrons. The molecule has 0 unspecified atom stereocenters. The molecular formula is C26H18F4N2. The van der Waals surface area contributed by atoms with E-state index in [-0.39, 0.29) is 11.4 Å². The van der Waals surface area contributed by atoms with E-state index in [4.69, 9.17) is 0 Å². The minimum absolute atomic E-state index is 0.218. The highest BCUT2D eigenvalue weighted by Crippen LogP contribution is 2.23. The number of aryl methyl sites for hydroxylation is 1. The van der Waals surface area contributed by atoms with Gasteiger partial charge in [-0.2, -0.15) is 0 Å². The molecule has 0 aliphatic carbocycles. The first-order valence-corrected chi connectivity index (χ1v) is 10.2. The van der Waals surface area contributed by atoms with E-state index in [9.17, 15) is 17.6 Å². The molecule has 0 amide bonds. The van der Waals surface area contributed by atoms with Gasteiger partial charge in [-0.25, -0.2) is 27.5 Å². The predicted octanol–water partition coefficient (Wildman–Crippen LogP) is 6.60. The topological polar surface area (TPSA) is 25.8 Å². The van der Waals surface area contributed by atoms with Crippen LogP contribution in [-0.4, -0.2) is 9.97 Å². The number of halogens is 4. The van der Waals surface area contributed by atoms with Crippen LogP contribution in [0.3, 0.4) is 0 Å². The number of hydrogen-bond acceptors (Lipinski definition) is 2. The van der Waals surface area contributed by atoms with E-state index in [1.54, 1.807) is 24.5 Å². The predicted molar refractivity (Wildman–Crippen MR) is 116 cm³/mol. The van der Waals surface area contributed by atoms with Gasteiger partial charge < -0.3 is 0 Å². The van der Waals surface area contributed by atoms with Crippen molar-refractivity contribution in [2.75, 3.05) is 0 Å². The lowest BCUT2D eigenvalue weighted by molar-refractivity contribution is 0.511. The second-order valence-corrected chi connectivity index (χ2v) is 7.41. The fraction of sp³-hybridized carbons (Fsp3) is 0.154. The van der Waals surface area contributed by atoms with Gasteiger partial charge in [0.25, 0.3) is 0 Å². The molecule has 3 aromatic carbocycles. The van der Waals surface area contributed by atoms with Crippen molar-refractivity contribution in [2.45, 2.75) is 26.2 Å². The second-order valence-electron chi connectivity index (χ2n) is 7.41. The van der Waals surface area contributed by atoms with Crippen LogP contribution in [0.5, 0.6) is 0 Å². The smallest absolute Gasteiger partial charge is 0.159 e. The van der Waals surface area contributed by atoms with Crippen molar-refractivity contribution in [3.63, 3.8) is 0 Å². The molecule has 0 saturated carbocycles. The first kappa shape index (κ1) is 21.5. The Bertz CT molecular complexity index is 1330. The van der Waals surface area contributed by atoms with Crippen molar-refractivity contribution < 1.29 is 17.6 Å². The summed E-state index contributed by atoms with van der Waals surface area (Å²) in [6.45, 7) is 2.09. The fourth-order valence-electron chi connectivity index (χ4n) is 3.29.